The van der Waals surface area contributed by atoms with Gasteiger partial charge in [0.25, 0.3) is 0 Å². The maximum atomic E-state index is 5.75. The average molecular weight is 188 g/mol. The molecule has 1 saturated heterocycles. The summed E-state index contributed by atoms with van der Waals surface area (Å²) in [7, 11) is 0. The molecule has 2 unspecified atom stereocenters. The molecule has 2 heteroatoms. The van der Waals surface area contributed by atoms with Crippen LogP contribution < -0.4 is 11.1 Å². The van der Waals surface area contributed by atoms with Crippen molar-refractivity contribution in [3.8, 4) is 0 Å². The van der Waals surface area contributed by atoms with Crippen molar-refractivity contribution in [1.82, 2.24) is 5.32 Å². The average Bonchev–Trinajstić information content (AvgIpc) is 2.66. The molecule has 74 valence electrons. The summed E-state index contributed by atoms with van der Waals surface area (Å²) in [6, 6.07) is 9.00. The molecule has 1 fully saturated rings. The summed E-state index contributed by atoms with van der Waals surface area (Å²) in [5.41, 5.74) is 7.87. The Kier molecular flexibility index (Phi) is 2.55. The lowest BCUT2D eigenvalue weighted by atomic mass is 10.0. The molecule has 0 bridgehead atoms. The van der Waals surface area contributed by atoms with Crippen molar-refractivity contribution < 1.29 is 0 Å². The molecule has 2 rings (SSSR count). The van der Waals surface area contributed by atoms with Crippen molar-refractivity contribution in [2.75, 3.05) is 5.73 Å². The van der Waals surface area contributed by atoms with Crippen molar-refractivity contribution in [3.63, 3.8) is 0 Å². The molecule has 2 atom stereocenters. The van der Waals surface area contributed by atoms with Crippen molar-refractivity contribution in [2.45, 2.75) is 24.9 Å². The summed E-state index contributed by atoms with van der Waals surface area (Å²) in [6.07, 6.45) is 4.31. The number of nitrogen functional groups attached to an aromatic ring is 1. The lowest BCUT2D eigenvalue weighted by Crippen LogP contribution is -2.21. The van der Waals surface area contributed by atoms with Crippen LogP contribution in [0.15, 0.2) is 36.9 Å². The van der Waals surface area contributed by atoms with Gasteiger partial charge in [0.2, 0.25) is 0 Å². The third-order valence-electron chi connectivity index (χ3n) is 2.78. The molecule has 0 aromatic heterocycles. The van der Waals surface area contributed by atoms with Crippen molar-refractivity contribution >= 4 is 5.69 Å². The fourth-order valence-electron chi connectivity index (χ4n) is 2.00. The molecular formula is C12H16N2. The highest BCUT2D eigenvalue weighted by atomic mass is 15.0. The van der Waals surface area contributed by atoms with Crippen LogP contribution in [-0.4, -0.2) is 6.04 Å². The van der Waals surface area contributed by atoms with Crippen LogP contribution in [0.25, 0.3) is 0 Å². The van der Waals surface area contributed by atoms with Gasteiger partial charge in [-0.1, -0.05) is 18.2 Å². The molecule has 0 aliphatic carbocycles. The second kappa shape index (κ2) is 3.84. The van der Waals surface area contributed by atoms with E-state index in [0.717, 1.165) is 5.69 Å². The first kappa shape index (κ1) is 9.28. The molecule has 1 aromatic rings. The normalized spacial score (nSPS) is 26.3. The number of nitrogens with two attached hydrogens (primary N) is 1. The molecule has 0 spiro atoms. The molecule has 0 saturated carbocycles. The molecule has 3 N–H and O–H groups in total. The third kappa shape index (κ3) is 1.80. The lowest BCUT2D eigenvalue weighted by molar-refractivity contribution is 0.614. The minimum atomic E-state index is 0.446. The van der Waals surface area contributed by atoms with Gasteiger partial charge >= 0.3 is 0 Å². The van der Waals surface area contributed by atoms with Crippen LogP contribution in [-0.2, 0) is 0 Å². The zero-order valence-corrected chi connectivity index (χ0v) is 8.24. The maximum absolute atomic E-state index is 5.75. The Bertz CT molecular complexity index is 333. The van der Waals surface area contributed by atoms with Crippen molar-refractivity contribution in [3.05, 3.63) is 42.5 Å². The van der Waals surface area contributed by atoms with Gasteiger partial charge in [0, 0.05) is 17.8 Å². The summed E-state index contributed by atoms with van der Waals surface area (Å²) < 4.78 is 0. The minimum Gasteiger partial charge on any atom is -0.399 e. The van der Waals surface area contributed by atoms with E-state index in [2.05, 4.69) is 18.0 Å². The highest BCUT2D eigenvalue weighted by molar-refractivity contribution is 5.42. The van der Waals surface area contributed by atoms with Crippen LogP contribution in [0.5, 0.6) is 0 Å². The second-order valence-electron chi connectivity index (χ2n) is 3.81. The Morgan fingerprint density at radius 2 is 2.29 bits per heavy atom. The highest BCUT2D eigenvalue weighted by Gasteiger charge is 2.22. The van der Waals surface area contributed by atoms with Crippen molar-refractivity contribution in [2.24, 2.45) is 0 Å². The zero-order valence-electron chi connectivity index (χ0n) is 8.24. The predicted molar refractivity (Wildman–Crippen MR) is 60.0 cm³/mol. The van der Waals surface area contributed by atoms with Gasteiger partial charge in [-0.2, -0.15) is 0 Å². The first-order valence-electron chi connectivity index (χ1n) is 5.03. The molecule has 1 heterocycles. The van der Waals surface area contributed by atoms with Gasteiger partial charge in [0.05, 0.1) is 0 Å². The molecule has 14 heavy (non-hydrogen) atoms. The molecule has 0 amide bonds. The smallest absolute Gasteiger partial charge is 0.0327 e. The summed E-state index contributed by atoms with van der Waals surface area (Å²) in [4.78, 5) is 0. The summed E-state index contributed by atoms with van der Waals surface area (Å²) in [6.45, 7) is 3.80. The van der Waals surface area contributed by atoms with Crippen LogP contribution in [0, 0.1) is 0 Å². The van der Waals surface area contributed by atoms with E-state index in [9.17, 15) is 0 Å². The Hall–Kier alpha value is -1.28. The largest absolute Gasteiger partial charge is 0.399 e. The molecule has 1 aliphatic heterocycles. The second-order valence-corrected chi connectivity index (χ2v) is 3.81. The standard InChI is InChI=1S/C12H16N2/c1-2-11-6-7-12(14-11)9-4-3-5-10(13)8-9/h2-5,8,11-12,14H,1,6-7,13H2. The van der Waals surface area contributed by atoms with Gasteiger partial charge in [0.15, 0.2) is 0 Å². The van der Waals surface area contributed by atoms with Gasteiger partial charge in [-0.15, -0.1) is 6.58 Å². The Morgan fingerprint density at radius 3 is 2.93 bits per heavy atom. The highest BCUT2D eigenvalue weighted by Crippen LogP contribution is 2.27. The van der Waals surface area contributed by atoms with Crippen LogP contribution in [0.2, 0.25) is 0 Å². The van der Waals surface area contributed by atoms with E-state index in [1.54, 1.807) is 0 Å². The van der Waals surface area contributed by atoms with Gasteiger partial charge in [-0.25, -0.2) is 0 Å². The topological polar surface area (TPSA) is 38.0 Å². The Morgan fingerprint density at radius 1 is 1.43 bits per heavy atom. The molecule has 0 radical (unpaired) electrons. The van der Waals surface area contributed by atoms with E-state index in [4.69, 9.17) is 5.73 Å². The SMILES string of the molecule is C=CC1CCC(c2cccc(N)c2)N1. The fraction of sp³-hybridized carbons (Fsp3) is 0.333. The maximum Gasteiger partial charge on any atom is 0.0327 e. The first-order valence-corrected chi connectivity index (χ1v) is 5.03. The zero-order chi connectivity index (χ0) is 9.97. The predicted octanol–water partition coefficient (Wildman–Crippen LogP) is 2.25. The number of hydrogen-bond acceptors (Lipinski definition) is 2. The van der Waals surface area contributed by atoms with Crippen LogP contribution in [0.3, 0.4) is 0 Å². The van der Waals surface area contributed by atoms with Crippen LogP contribution >= 0.6 is 0 Å². The van der Waals surface area contributed by atoms with Gasteiger partial charge in [-0.3, -0.25) is 0 Å². The first-order chi connectivity index (χ1) is 6.79. The summed E-state index contributed by atoms with van der Waals surface area (Å²) >= 11 is 0. The van der Waals surface area contributed by atoms with E-state index >= 15 is 0 Å². The molecule has 2 nitrogen and oxygen atoms in total. The minimum absolute atomic E-state index is 0.446. The van der Waals surface area contributed by atoms with E-state index < -0.39 is 0 Å². The molecule has 1 aliphatic rings. The van der Waals surface area contributed by atoms with Crippen LogP contribution in [0.4, 0.5) is 5.69 Å². The fourth-order valence-corrected chi connectivity index (χ4v) is 2.00. The van der Waals surface area contributed by atoms with E-state index in [-0.39, 0.29) is 0 Å². The number of rotatable bonds is 2. The quantitative estimate of drug-likeness (QED) is 0.552. The number of benzene rings is 1. The molecular weight excluding hydrogens is 172 g/mol. The van der Waals surface area contributed by atoms with Crippen LogP contribution in [0.1, 0.15) is 24.4 Å². The van der Waals surface area contributed by atoms with Crippen molar-refractivity contribution in [1.29, 1.82) is 0 Å². The Balaban J connectivity index is 2.13. The van der Waals surface area contributed by atoms with E-state index in [1.165, 1.54) is 18.4 Å². The lowest BCUT2D eigenvalue weighted by Gasteiger charge is -2.12. The number of nitrogens with one attached hydrogen (secondary N) is 1. The van der Waals surface area contributed by atoms with Gasteiger partial charge in [0.1, 0.15) is 0 Å². The summed E-state index contributed by atoms with van der Waals surface area (Å²) in [5, 5.41) is 3.51. The monoisotopic (exact) mass is 188 g/mol. The van der Waals surface area contributed by atoms with Gasteiger partial charge in [-0.05, 0) is 30.5 Å². The van der Waals surface area contributed by atoms with E-state index in [1.807, 2.05) is 24.3 Å². The van der Waals surface area contributed by atoms with Gasteiger partial charge < -0.3 is 11.1 Å². The van der Waals surface area contributed by atoms with E-state index in [0.29, 0.717) is 12.1 Å². The number of hydrogen-bond donors (Lipinski definition) is 2. The third-order valence-corrected chi connectivity index (χ3v) is 2.78. The Labute approximate surface area is 84.8 Å². The molecule has 1 aromatic carbocycles. The number of anilines is 1. The summed E-state index contributed by atoms with van der Waals surface area (Å²) in [5.74, 6) is 0.